The van der Waals surface area contributed by atoms with Crippen molar-refractivity contribution < 1.29 is 19.1 Å². The van der Waals surface area contributed by atoms with Gasteiger partial charge in [0.25, 0.3) is 11.8 Å². The van der Waals surface area contributed by atoms with Crippen molar-refractivity contribution >= 4 is 46.4 Å². The van der Waals surface area contributed by atoms with Gasteiger partial charge in [-0.25, -0.2) is 0 Å². The van der Waals surface area contributed by atoms with Crippen LogP contribution < -0.4 is 19.7 Å². The molecule has 0 aromatic heterocycles. The Bertz CT molecular complexity index is 983. The molecule has 2 amide bonds. The van der Waals surface area contributed by atoms with Crippen molar-refractivity contribution in [2.75, 3.05) is 37.4 Å². The van der Waals surface area contributed by atoms with Crippen LogP contribution in [0, 0.1) is 0 Å². The summed E-state index contributed by atoms with van der Waals surface area (Å²) in [6.07, 6.45) is -1.37. The van der Waals surface area contributed by atoms with Crippen molar-refractivity contribution in [1.29, 1.82) is 0 Å². The number of nitrogens with zero attached hydrogens (tertiary/aromatic N) is 2. The number of likely N-dealkylation sites (N-methyl/N-ethyl adjacent to an activating group) is 1. The summed E-state index contributed by atoms with van der Waals surface area (Å²) in [6.45, 7) is 4.56. The number of benzene rings is 2. The third kappa shape index (κ3) is 5.61. The number of amides is 2. The van der Waals surface area contributed by atoms with Crippen molar-refractivity contribution in [3.8, 4) is 11.5 Å². The minimum absolute atomic E-state index is 0.119. The van der Waals surface area contributed by atoms with E-state index < -0.39 is 12.2 Å². The summed E-state index contributed by atoms with van der Waals surface area (Å²) in [7, 11) is 3.89. The van der Waals surface area contributed by atoms with Crippen LogP contribution in [0.25, 0.3) is 0 Å². The molecule has 0 fully saturated rings. The first-order chi connectivity index (χ1) is 14.7. The van der Waals surface area contributed by atoms with Gasteiger partial charge in [-0.2, -0.15) is 0 Å². The fourth-order valence-electron chi connectivity index (χ4n) is 3.07. The zero-order valence-electron chi connectivity index (χ0n) is 17.8. The average Bonchev–Trinajstić information content (AvgIpc) is 2.70. The number of nitrogens with one attached hydrogen (secondary N) is 1. The summed E-state index contributed by atoms with van der Waals surface area (Å²) in [4.78, 5) is 29.0. The number of carbonyl (C=O) groups is 2. The fraction of sp³-hybridized carbons (Fsp3) is 0.364. The SMILES string of the molecule is CC(Oc1ccc(Cl)cc1Cl)C(=O)Nc1ccc2c(c1)N(CCN(C)C)C(=O)C(C)O2. The number of hydrogen-bond donors (Lipinski definition) is 1. The van der Waals surface area contributed by atoms with E-state index in [1.165, 1.54) is 0 Å². The third-order valence-corrected chi connectivity index (χ3v) is 5.30. The maximum absolute atomic E-state index is 12.7. The third-order valence-electron chi connectivity index (χ3n) is 4.77. The fourth-order valence-corrected chi connectivity index (χ4v) is 3.53. The van der Waals surface area contributed by atoms with Gasteiger partial charge in [0.1, 0.15) is 11.5 Å². The summed E-state index contributed by atoms with van der Waals surface area (Å²) in [5.74, 6) is 0.484. The molecule has 9 heteroatoms. The Balaban J connectivity index is 1.75. The molecule has 7 nitrogen and oxygen atoms in total. The minimum atomic E-state index is -0.808. The number of halogens is 2. The normalized spacial score (nSPS) is 16.5. The van der Waals surface area contributed by atoms with E-state index >= 15 is 0 Å². The number of fused-ring (bicyclic) bond motifs is 1. The molecule has 2 atom stereocenters. The lowest BCUT2D eigenvalue weighted by molar-refractivity contribution is -0.125. The van der Waals surface area contributed by atoms with Gasteiger partial charge in [-0.1, -0.05) is 23.2 Å². The molecule has 0 saturated heterocycles. The standard InChI is InChI=1S/C22H25Cl2N3O4/c1-13(30-19-7-5-15(23)11-17(19)24)21(28)25-16-6-8-20-18(12-16)27(10-9-26(3)4)22(29)14(2)31-20/h5-8,11-14H,9-10H2,1-4H3,(H,25,28). The summed E-state index contributed by atoms with van der Waals surface area (Å²) in [5.41, 5.74) is 1.15. The second-order valence-electron chi connectivity index (χ2n) is 7.56. The largest absolute Gasteiger partial charge is 0.479 e. The van der Waals surface area contributed by atoms with Crippen LogP contribution >= 0.6 is 23.2 Å². The molecule has 0 radical (unpaired) electrons. The smallest absolute Gasteiger partial charge is 0.267 e. The van der Waals surface area contributed by atoms with E-state index in [4.69, 9.17) is 32.7 Å². The maximum atomic E-state index is 12.7. The zero-order chi connectivity index (χ0) is 22.7. The number of ether oxygens (including phenoxy) is 2. The van der Waals surface area contributed by atoms with Crippen molar-refractivity contribution in [3.63, 3.8) is 0 Å². The Morgan fingerprint density at radius 3 is 2.68 bits per heavy atom. The van der Waals surface area contributed by atoms with Gasteiger partial charge in [-0.05, 0) is 64.3 Å². The molecule has 1 N–H and O–H groups in total. The molecule has 0 bridgehead atoms. The molecular weight excluding hydrogens is 441 g/mol. The second-order valence-corrected chi connectivity index (χ2v) is 8.40. The molecule has 2 aromatic carbocycles. The second kappa shape index (κ2) is 9.77. The highest BCUT2D eigenvalue weighted by Crippen LogP contribution is 2.36. The van der Waals surface area contributed by atoms with Gasteiger partial charge >= 0.3 is 0 Å². The Morgan fingerprint density at radius 2 is 2.00 bits per heavy atom. The number of carbonyl (C=O) groups excluding carboxylic acids is 2. The first kappa shape index (κ1) is 23.2. The Kier molecular flexibility index (Phi) is 7.30. The molecule has 1 aliphatic rings. The summed E-state index contributed by atoms with van der Waals surface area (Å²) in [6, 6.07) is 10.0. The Morgan fingerprint density at radius 1 is 1.26 bits per heavy atom. The first-order valence-electron chi connectivity index (χ1n) is 9.85. The van der Waals surface area contributed by atoms with Crippen LogP contribution in [-0.2, 0) is 9.59 Å². The van der Waals surface area contributed by atoms with Crippen molar-refractivity contribution in [3.05, 3.63) is 46.4 Å². The lowest BCUT2D eigenvalue weighted by atomic mass is 10.1. The number of hydrogen-bond acceptors (Lipinski definition) is 5. The van der Waals surface area contributed by atoms with Crippen molar-refractivity contribution in [2.24, 2.45) is 0 Å². The molecule has 0 saturated carbocycles. The highest BCUT2D eigenvalue weighted by atomic mass is 35.5. The van der Waals surface area contributed by atoms with Crippen LogP contribution in [0.15, 0.2) is 36.4 Å². The molecule has 166 valence electrons. The van der Waals surface area contributed by atoms with Gasteiger partial charge in [0.15, 0.2) is 12.2 Å². The molecule has 1 heterocycles. The molecule has 2 unspecified atom stereocenters. The van der Waals surface area contributed by atoms with Crippen LogP contribution in [0.4, 0.5) is 11.4 Å². The molecule has 2 aromatic rings. The predicted molar refractivity (Wildman–Crippen MR) is 123 cm³/mol. The van der Waals surface area contributed by atoms with Crippen molar-refractivity contribution in [1.82, 2.24) is 4.90 Å². The highest BCUT2D eigenvalue weighted by Gasteiger charge is 2.31. The van der Waals surface area contributed by atoms with E-state index in [0.29, 0.717) is 46.0 Å². The summed E-state index contributed by atoms with van der Waals surface area (Å²) >= 11 is 12.0. The molecule has 31 heavy (non-hydrogen) atoms. The predicted octanol–water partition coefficient (Wildman–Crippen LogP) is 4.07. The lowest BCUT2D eigenvalue weighted by Crippen LogP contribution is -2.46. The molecule has 0 aliphatic carbocycles. The summed E-state index contributed by atoms with van der Waals surface area (Å²) < 4.78 is 11.4. The van der Waals surface area contributed by atoms with Crippen LogP contribution in [0.5, 0.6) is 11.5 Å². The van der Waals surface area contributed by atoms with E-state index in [-0.39, 0.29) is 11.8 Å². The van der Waals surface area contributed by atoms with Crippen LogP contribution in [0.1, 0.15) is 13.8 Å². The Hall–Kier alpha value is -2.48. The zero-order valence-corrected chi connectivity index (χ0v) is 19.3. The van der Waals surface area contributed by atoms with Crippen LogP contribution in [0.3, 0.4) is 0 Å². The topological polar surface area (TPSA) is 71.1 Å². The molecule has 1 aliphatic heterocycles. The summed E-state index contributed by atoms with van der Waals surface area (Å²) in [5, 5.41) is 3.62. The molecular formula is C22H25Cl2N3O4. The van der Waals surface area contributed by atoms with E-state index in [1.807, 2.05) is 19.0 Å². The van der Waals surface area contributed by atoms with E-state index in [0.717, 1.165) is 0 Å². The quantitative estimate of drug-likeness (QED) is 0.666. The monoisotopic (exact) mass is 465 g/mol. The van der Waals surface area contributed by atoms with Gasteiger partial charge in [0.2, 0.25) is 0 Å². The van der Waals surface area contributed by atoms with Gasteiger partial charge in [-0.3, -0.25) is 9.59 Å². The van der Waals surface area contributed by atoms with E-state index in [2.05, 4.69) is 5.32 Å². The Labute approximate surface area is 191 Å². The van der Waals surface area contributed by atoms with Gasteiger partial charge < -0.3 is 24.6 Å². The number of rotatable bonds is 7. The van der Waals surface area contributed by atoms with Gasteiger partial charge in [0.05, 0.1) is 10.7 Å². The van der Waals surface area contributed by atoms with Crippen LogP contribution in [-0.4, -0.2) is 56.1 Å². The van der Waals surface area contributed by atoms with E-state index in [1.54, 1.807) is 55.1 Å². The van der Waals surface area contributed by atoms with Gasteiger partial charge in [0, 0.05) is 23.8 Å². The molecule has 3 rings (SSSR count). The molecule has 0 spiro atoms. The van der Waals surface area contributed by atoms with Crippen molar-refractivity contribution in [2.45, 2.75) is 26.1 Å². The minimum Gasteiger partial charge on any atom is -0.479 e. The average molecular weight is 466 g/mol. The first-order valence-corrected chi connectivity index (χ1v) is 10.6. The van der Waals surface area contributed by atoms with Gasteiger partial charge in [-0.15, -0.1) is 0 Å². The van der Waals surface area contributed by atoms with E-state index in [9.17, 15) is 9.59 Å². The van der Waals surface area contributed by atoms with Crippen LogP contribution in [0.2, 0.25) is 10.0 Å². The lowest BCUT2D eigenvalue weighted by Gasteiger charge is -2.34. The highest BCUT2D eigenvalue weighted by molar-refractivity contribution is 6.35. The number of anilines is 2. The maximum Gasteiger partial charge on any atom is 0.267 e.